The maximum Gasteiger partial charge on any atom is 0.311 e. The maximum absolute atomic E-state index is 12.4. The first-order valence-electron chi connectivity index (χ1n) is 9.73. The Hall–Kier alpha value is -4.48. The number of esters is 1. The number of ether oxygens (including phenoxy) is 2. The third-order valence-electron chi connectivity index (χ3n) is 4.82. The van der Waals surface area contributed by atoms with E-state index in [1.54, 1.807) is 30.3 Å². The first kappa shape index (κ1) is 23.2. The van der Waals surface area contributed by atoms with Gasteiger partial charge in [0.1, 0.15) is 5.75 Å². The van der Waals surface area contributed by atoms with E-state index in [4.69, 9.17) is 9.47 Å². The summed E-state index contributed by atoms with van der Waals surface area (Å²) in [6.07, 6.45) is -0.161. The monoisotopic (exact) mass is 456 g/mol. The molecule has 2 N–H and O–H groups in total. The van der Waals surface area contributed by atoms with Crippen molar-refractivity contribution in [2.45, 2.75) is 6.42 Å². The van der Waals surface area contributed by atoms with Gasteiger partial charge in [-0.3, -0.25) is 40.1 Å². The molecule has 1 saturated heterocycles. The Morgan fingerprint density at radius 2 is 1.88 bits per heavy atom. The predicted octanol–water partition coefficient (Wildman–Crippen LogP) is 0.961. The van der Waals surface area contributed by atoms with Crippen molar-refractivity contribution in [1.82, 2.24) is 10.9 Å². The number of carbonyl (C=O) groups excluding carboxylic acids is 4. The van der Waals surface area contributed by atoms with Gasteiger partial charge in [0.05, 0.1) is 29.7 Å². The lowest BCUT2D eigenvalue weighted by molar-refractivity contribution is -0.384. The van der Waals surface area contributed by atoms with Crippen LogP contribution in [-0.2, 0) is 19.1 Å². The highest BCUT2D eigenvalue weighted by molar-refractivity contribution is 6.01. The molecule has 2 aromatic rings. The Bertz CT molecular complexity index is 1090. The molecule has 12 heteroatoms. The second-order valence-electron chi connectivity index (χ2n) is 6.99. The van der Waals surface area contributed by atoms with Crippen molar-refractivity contribution in [3.8, 4) is 5.75 Å². The number of amides is 3. The Kier molecular flexibility index (Phi) is 7.18. The number of hydrogen-bond acceptors (Lipinski definition) is 8. The normalized spacial score (nSPS) is 15.0. The van der Waals surface area contributed by atoms with Crippen LogP contribution in [0.1, 0.15) is 16.8 Å². The second kappa shape index (κ2) is 10.2. The van der Waals surface area contributed by atoms with Gasteiger partial charge in [-0.2, -0.15) is 0 Å². The van der Waals surface area contributed by atoms with Crippen molar-refractivity contribution in [3.05, 3.63) is 64.2 Å². The van der Waals surface area contributed by atoms with Crippen LogP contribution < -0.4 is 20.5 Å². The summed E-state index contributed by atoms with van der Waals surface area (Å²) >= 11 is 0. The van der Waals surface area contributed by atoms with Crippen LogP contribution in [0.4, 0.5) is 11.4 Å². The standard InChI is InChI=1S/C21H20N4O8/c1-32-17-10-15(25(30)31)7-8-16(17)24-11-14(9-19(24)27)21(29)33-12-18(26)22-23-20(28)13-5-3-2-4-6-13/h2-8,10,14H,9,11-12H2,1H3,(H,22,26)(H,23,28)/t14-/m0/s1. The number of nitro groups is 1. The number of rotatable bonds is 7. The van der Waals surface area contributed by atoms with Crippen LogP contribution in [-0.4, -0.2) is 48.9 Å². The summed E-state index contributed by atoms with van der Waals surface area (Å²) in [5, 5.41) is 10.9. The van der Waals surface area contributed by atoms with Crippen LogP contribution in [0, 0.1) is 16.0 Å². The fourth-order valence-corrected chi connectivity index (χ4v) is 3.18. The average Bonchev–Trinajstić information content (AvgIpc) is 3.22. The third-order valence-corrected chi connectivity index (χ3v) is 4.82. The minimum Gasteiger partial charge on any atom is -0.494 e. The molecule has 0 aliphatic carbocycles. The van der Waals surface area contributed by atoms with Crippen LogP contribution >= 0.6 is 0 Å². The largest absolute Gasteiger partial charge is 0.494 e. The number of methoxy groups -OCH3 is 1. The van der Waals surface area contributed by atoms with Gasteiger partial charge in [-0.15, -0.1) is 0 Å². The summed E-state index contributed by atoms with van der Waals surface area (Å²) in [5.41, 5.74) is 4.75. The Labute approximate surface area is 187 Å². The lowest BCUT2D eigenvalue weighted by Crippen LogP contribution is -2.43. The Balaban J connectivity index is 1.52. The molecule has 0 radical (unpaired) electrons. The SMILES string of the molecule is COc1cc([N+](=O)[O-])ccc1N1C[C@@H](C(=O)OCC(=O)NNC(=O)c2ccccc2)CC1=O. The molecule has 3 amide bonds. The molecule has 1 fully saturated rings. The van der Waals surface area contributed by atoms with E-state index in [1.807, 2.05) is 0 Å². The third kappa shape index (κ3) is 5.61. The van der Waals surface area contributed by atoms with E-state index in [0.29, 0.717) is 5.56 Å². The number of non-ortho nitro benzene ring substituents is 1. The van der Waals surface area contributed by atoms with Crippen LogP contribution in [0.15, 0.2) is 48.5 Å². The van der Waals surface area contributed by atoms with E-state index in [-0.39, 0.29) is 30.1 Å². The zero-order valence-electron chi connectivity index (χ0n) is 17.5. The number of carbonyl (C=O) groups is 4. The van der Waals surface area contributed by atoms with Gasteiger partial charge in [0, 0.05) is 24.6 Å². The van der Waals surface area contributed by atoms with Gasteiger partial charge in [-0.25, -0.2) is 0 Å². The summed E-state index contributed by atoms with van der Waals surface area (Å²) in [4.78, 5) is 60.1. The van der Waals surface area contributed by atoms with Crippen molar-refractivity contribution >= 4 is 35.1 Å². The summed E-state index contributed by atoms with van der Waals surface area (Å²) in [6, 6.07) is 12.0. The van der Waals surface area contributed by atoms with E-state index in [0.717, 1.165) is 0 Å². The first-order chi connectivity index (χ1) is 15.8. The smallest absolute Gasteiger partial charge is 0.311 e. The number of hydrogen-bond donors (Lipinski definition) is 2. The molecule has 1 atom stereocenters. The van der Waals surface area contributed by atoms with Crippen molar-refractivity contribution < 1.29 is 33.6 Å². The fourth-order valence-electron chi connectivity index (χ4n) is 3.18. The Morgan fingerprint density at radius 3 is 2.55 bits per heavy atom. The van der Waals surface area contributed by atoms with Gasteiger partial charge in [0.2, 0.25) is 5.91 Å². The van der Waals surface area contributed by atoms with E-state index >= 15 is 0 Å². The number of nitrogens with one attached hydrogen (secondary N) is 2. The molecule has 0 aromatic heterocycles. The van der Waals surface area contributed by atoms with Gasteiger partial charge < -0.3 is 14.4 Å². The highest BCUT2D eigenvalue weighted by Crippen LogP contribution is 2.35. The van der Waals surface area contributed by atoms with Crippen LogP contribution in [0.25, 0.3) is 0 Å². The minimum atomic E-state index is -0.843. The van der Waals surface area contributed by atoms with Crippen LogP contribution in [0.5, 0.6) is 5.75 Å². The number of nitro benzene ring substituents is 1. The highest BCUT2D eigenvalue weighted by atomic mass is 16.6. The quantitative estimate of drug-likeness (QED) is 0.354. The van der Waals surface area contributed by atoms with E-state index in [2.05, 4.69) is 10.9 Å². The van der Waals surface area contributed by atoms with E-state index < -0.39 is 41.1 Å². The van der Waals surface area contributed by atoms with Gasteiger partial charge in [0.15, 0.2) is 6.61 Å². The number of anilines is 1. The molecule has 12 nitrogen and oxygen atoms in total. The van der Waals surface area contributed by atoms with Crippen LogP contribution in [0.3, 0.4) is 0 Å². The summed E-state index contributed by atoms with van der Waals surface area (Å²) in [5.74, 6) is -3.20. The van der Waals surface area contributed by atoms with Crippen LogP contribution in [0.2, 0.25) is 0 Å². The number of nitrogens with zero attached hydrogens (tertiary/aromatic N) is 2. The van der Waals surface area contributed by atoms with Crippen molar-refractivity contribution in [2.24, 2.45) is 5.92 Å². The lowest BCUT2D eigenvalue weighted by atomic mass is 10.1. The topological polar surface area (TPSA) is 157 Å². The number of benzene rings is 2. The highest BCUT2D eigenvalue weighted by Gasteiger charge is 2.37. The second-order valence-corrected chi connectivity index (χ2v) is 6.99. The molecular formula is C21H20N4O8. The summed E-state index contributed by atoms with van der Waals surface area (Å²) < 4.78 is 10.1. The molecule has 172 valence electrons. The minimum absolute atomic E-state index is 0.0435. The molecule has 0 bridgehead atoms. The van der Waals surface area contributed by atoms with Crippen molar-refractivity contribution in [2.75, 3.05) is 25.2 Å². The molecule has 0 unspecified atom stereocenters. The predicted molar refractivity (Wildman–Crippen MR) is 113 cm³/mol. The maximum atomic E-state index is 12.4. The molecule has 33 heavy (non-hydrogen) atoms. The van der Waals surface area contributed by atoms with Crippen molar-refractivity contribution in [1.29, 1.82) is 0 Å². The summed E-state index contributed by atoms with van der Waals surface area (Å²) in [6.45, 7) is -0.697. The fraction of sp³-hybridized carbons (Fsp3) is 0.238. The van der Waals surface area contributed by atoms with Gasteiger partial charge in [0.25, 0.3) is 17.5 Å². The molecule has 3 rings (SSSR count). The molecule has 0 saturated carbocycles. The molecule has 0 spiro atoms. The zero-order chi connectivity index (χ0) is 24.0. The Morgan fingerprint density at radius 1 is 1.15 bits per heavy atom. The van der Waals surface area contributed by atoms with Gasteiger partial charge in [-0.05, 0) is 18.2 Å². The van der Waals surface area contributed by atoms with E-state index in [9.17, 15) is 29.3 Å². The van der Waals surface area contributed by atoms with Gasteiger partial charge in [-0.1, -0.05) is 18.2 Å². The molecule has 2 aromatic carbocycles. The van der Waals surface area contributed by atoms with Gasteiger partial charge >= 0.3 is 5.97 Å². The number of hydrazine groups is 1. The molecule has 1 aliphatic rings. The average molecular weight is 456 g/mol. The molecular weight excluding hydrogens is 436 g/mol. The molecule has 1 aliphatic heterocycles. The summed E-state index contributed by atoms with van der Waals surface area (Å²) in [7, 11) is 1.31. The van der Waals surface area contributed by atoms with Crippen molar-refractivity contribution in [3.63, 3.8) is 0 Å². The zero-order valence-corrected chi connectivity index (χ0v) is 17.5. The molecule has 1 heterocycles. The first-order valence-corrected chi connectivity index (χ1v) is 9.73. The van der Waals surface area contributed by atoms with E-state index in [1.165, 1.54) is 30.2 Å². The lowest BCUT2D eigenvalue weighted by Gasteiger charge is -2.19.